The van der Waals surface area contributed by atoms with Crippen molar-refractivity contribution in [3.63, 3.8) is 0 Å². The van der Waals surface area contributed by atoms with Crippen molar-refractivity contribution >= 4 is 15.9 Å². The second kappa shape index (κ2) is 6.07. The predicted octanol–water partition coefficient (Wildman–Crippen LogP) is 1.92. The van der Waals surface area contributed by atoms with Crippen molar-refractivity contribution in [3.05, 3.63) is 29.3 Å². The highest BCUT2D eigenvalue weighted by Crippen LogP contribution is 2.20. The number of halogens is 2. The van der Waals surface area contributed by atoms with E-state index in [1.165, 1.54) is 0 Å². The highest BCUT2D eigenvalue weighted by molar-refractivity contribution is 7.89. The molecule has 0 saturated carbocycles. The number of amides is 1. The van der Waals surface area contributed by atoms with E-state index in [1.807, 2.05) is 6.92 Å². The maximum atomic E-state index is 13.7. The first kappa shape index (κ1) is 17.5. The lowest BCUT2D eigenvalue weighted by molar-refractivity contribution is 0.0904. The number of rotatable bonds is 5. The molecule has 0 bridgehead atoms. The molecule has 0 fully saturated rings. The van der Waals surface area contributed by atoms with Gasteiger partial charge in [0.2, 0.25) is 10.0 Å². The Bertz CT molecular complexity index is 658. The van der Waals surface area contributed by atoms with Crippen molar-refractivity contribution in [2.24, 2.45) is 5.14 Å². The Kier molecular flexibility index (Phi) is 5.06. The highest BCUT2D eigenvalue weighted by atomic mass is 32.2. The van der Waals surface area contributed by atoms with E-state index in [0.717, 1.165) is 6.42 Å². The van der Waals surface area contributed by atoms with Gasteiger partial charge >= 0.3 is 0 Å². The van der Waals surface area contributed by atoms with Gasteiger partial charge in [0.25, 0.3) is 5.91 Å². The first-order valence-corrected chi connectivity index (χ1v) is 7.87. The minimum Gasteiger partial charge on any atom is -0.347 e. The van der Waals surface area contributed by atoms with E-state index >= 15 is 0 Å². The van der Waals surface area contributed by atoms with E-state index in [-0.39, 0.29) is 0 Å². The van der Waals surface area contributed by atoms with Crippen LogP contribution in [-0.4, -0.2) is 19.9 Å². The lowest BCUT2D eigenvalue weighted by Gasteiger charge is -2.26. The number of carbonyl (C=O) groups excluding carboxylic acids is 1. The number of hydrogen-bond acceptors (Lipinski definition) is 3. The molecular weight excluding hydrogens is 302 g/mol. The number of primary sulfonamides is 1. The van der Waals surface area contributed by atoms with Crippen molar-refractivity contribution in [1.82, 2.24) is 5.32 Å². The average Bonchev–Trinajstić information content (AvgIpc) is 2.25. The van der Waals surface area contributed by atoms with Gasteiger partial charge in [-0.25, -0.2) is 22.3 Å². The van der Waals surface area contributed by atoms with Crippen molar-refractivity contribution in [2.75, 3.05) is 0 Å². The molecule has 1 amide bonds. The molecule has 118 valence electrons. The third-order valence-electron chi connectivity index (χ3n) is 2.90. The lowest BCUT2D eigenvalue weighted by atomic mass is 9.98. The molecule has 0 saturated heterocycles. The molecule has 0 unspecified atom stereocenters. The van der Waals surface area contributed by atoms with Crippen LogP contribution in [-0.2, 0) is 10.0 Å². The molecule has 0 spiro atoms. The highest BCUT2D eigenvalue weighted by Gasteiger charge is 2.25. The molecule has 3 N–H and O–H groups in total. The average molecular weight is 320 g/mol. The van der Waals surface area contributed by atoms with Gasteiger partial charge in [-0.05, 0) is 26.3 Å². The first-order chi connectivity index (χ1) is 9.48. The number of carbonyl (C=O) groups is 1. The lowest BCUT2D eigenvalue weighted by Crippen LogP contribution is -2.43. The zero-order chi connectivity index (χ0) is 16.4. The van der Waals surface area contributed by atoms with Crippen LogP contribution in [0.5, 0.6) is 0 Å². The number of nitrogens with two attached hydrogens (primary N) is 1. The Labute approximate surface area is 122 Å². The maximum Gasteiger partial charge on any atom is 0.254 e. The van der Waals surface area contributed by atoms with Crippen LogP contribution in [0.15, 0.2) is 17.0 Å². The van der Waals surface area contributed by atoms with E-state index in [2.05, 4.69) is 5.32 Å². The van der Waals surface area contributed by atoms with Crippen molar-refractivity contribution in [2.45, 2.75) is 44.0 Å². The monoisotopic (exact) mass is 320 g/mol. The summed E-state index contributed by atoms with van der Waals surface area (Å²) in [6.45, 7) is 5.41. The molecule has 1 aromatic rings. The van der Waals surface area contributed by atoms with E-state index < -0.39 is 43.6 Å². The molecule has 0 atom stereocenters. The van der Waals surface area contributed by atoms with Crippen molar-refractivity contribution < 1.29 is 22.0 Å². The fourth-order valence-corrected chi connectivity index (χ4v) is 2.60. The SMILES string of the molecule is CCCC(C)(C)NC(=O)c1cc(S(N)(=O)=O)c(F)cc1F. The van der Waals surface area contributed by atoms with E-state index in [4.69, 9.17) is 5.14 Å². The van der Waals surface area contributed by atoms with Crippen LogP contribution in [0, 0.1) is 11.6 Å². The van der Waals surface area contributed by atoms with Gasteiger partial charge in [-0.3, -0.25) is 4.79 Å². The first-order valence-electron chi connectivity index (χ1n) is 6.32. The molecule has 0 aliphatic rings. The Morgan fingerprint density at radius 2 is 1.86 bits per heavy atom. The number of nitrogens with one attached hydrogen (secondary N) is 1. The van der Waals surface area contributed by atoms with Gasteiger partial charge < -0.3 is 5.32 Å². The standard InChI is InChI=1S/C13H18F2N2O3S/c1-4-5-13(2,3)17-12(18)8-6-11(21(16,19)20)10(15)7-9(8)14/h6-7H,4-5H2,1-3H3,(H,17,18)(H2,16,19,20). The molecule has 0 heterocycles. The van der Waals surface area contributed by atoms with Crippen LogP contribution in [0.2, 0.25) is 0 Å². The van der Waals surface area contributed by atoms with Gasteiger partial charge in [-0.15, -0.1) is 0 Å². The van der Waals surface area contributed by atoms with E-state index in [0.29, 0.717) is 18.6 Å². The van der Waals surface area contributed by atoms with Gasteiger partial charge in [-0.1, -0.05) is 13.3 Å². The fourth-order valence-electron chi connectivity index (χ4n) is 1.98. The van der Waals surface area contributed by atoms with Gasteiger partial charge in [0.15, 0.2) is 0 Å². The zero-order valence-electron chi connectivity index (χ0n) is 12.0. The Morgan fingerprint density at radius 1 is 1.29 bits per heavy atom. The maximum absolute atomic E-state index is 13.7. The second-order valence-corrected chi connectivity index (χ2v) is 6.93. The normalized spacial score (nSPS) is 12.3. The van der Waals surface area contributed by atoms with Crippen molar-refractivity contribution in [1.29, 1.82) is 0 Å². The molecule has 0 radical (unpaired) electrons. The Morgan fingerprint density at radius 3 is 2.33 bits per heavy atom. The van der Waals surface area contributed by atoms with E-state index in [9.17, 15) is 22.0 Å². The molecule has 1 aromatic carbocycles. The molecule has 1 rings (SSSR count). The summed E-state index contributed by atoms with van der Waals surface area (Å²) in [4.78, 5) is 11.1. The molecule has 0 aliphatic carbocycles. The molecule has 0 aliphatic heterocycles. The second-order valence-electron chi connectivity index (χ2n) is 5.40. The van der Waals surface area contributed by atoms with Crippen LogP contribution in [0.25, 0.3) is 0 Å². The number of benzene rings is 1. The van der Waals surface area contributed by atoms with Crippen LogP contribution in [0.3, 0.4) is 0 Å². The summed E-state index contributed by atoms with van der Waals surface area (Å²) >= 11 is 0. The summed E-state index contributed by atoms with van der Waals surface area (Å²) in [5.74, 6) is -3.31. The Balaban J connectivity index is 3.22. The molecule has 21 heavy (non-hydrogen) atoms. The third-order valence-corrected chi connectivity index (χ3v) is 3.83. The van der Waals surface area contributed by atoms with Crippen LogP contribution in [0.1, 0.15) is 44.0 Å². The van der Waals surface area contributed by atoms with Crippen LogP contribution in [0.4, 0.5) is 8.78 Å². The molecule has 5 nitrogen and oxygen atoms in total. The quantitative estimate of drug-likeness (QED) is 0.868. The van der Waals surface area contributed by atoms with Crippen LogP contribution < -0.4 is 10.5 Å². The topological polar surface area (TPSA) is 89.3 Å². The smallest absolute Gasteiger partial charge is 0.254 e. The van der Waals surface area contributed by atoms with Gasteiger partial charge in [0.05, 0.1) is 5.56 Å². The molecule has 0 aromatic heterocycles. The van der Waals surface area contributed by atoms with Gasteiger partial charge in [-0.2, -0.15) is 0 Å². The summed E-state index contributed by atoms with van der Waals surface area (Å²) in [7, 11) is -4.38. The zero-order valence-corrected chi connectivity index (χ0v) is 12.9. The molecular formula is C13H18F2N2O3S. The molecule has 8 heteroatoms. The summed E-state index contributed by atoms with van der Waals surface area (Å²) in [6.07, 6.45) is 1.44. The van der Waals surface area contributed by atoms with Gasteiger partial charge in [0, 0.05) is 11.6 Å². The van der Waals surface area contributed by atoms with Crippen molar-refractivity contribution in [3.8, 4) is 0 Å². The largest absolute Gasteiger partial charge is 0.347 e. The van der Waals surface area contributed by atoms with Crippen LogP contribution >= 0.6 is 0 Å². The summed E-state index contributed by atoms with van der Waals surface area (Å²) in [5.41, 5.74) is -1.17. The predicted molar refractivity (Wildman–Crippen MR) is 74.2 cm³/mol. The fraction of sp³-hybridized carbons (Fsp3) is 0.462. The number of sulfonamides is 1. The summed E-state index contributed by atoms with van der Waals surface area (Å²) in [5, 5.41) is 7.41. The summed E-state index contributed by atoms with van der Waals surface area (Å²) < 4.78 is 49.5. The minimum atomic E-state index is -4.38. The minimum absolute atomic E-state index is 0.335. The van der Waals surface area contributed by atoms with Gasteiger partial charge in [0.1, 0.15) is 16.5 Å². The third kappa shape index (κ3) is 4.47. The summed E-state index contributed by atoms with van der Waals surface area (Å²) in [6, 6.07) is 0.943. The Hall–Kier alpha value is -1.54. The van der Waals surface area contributed by atoms with E-state index in [1.54, 1.807) is 13.8 Å². The number of hydrogen-bond donors (Lipinski definition) is 2.